The predicted molar refractivity (Wildman–Crippen MR) is 199 cm³/mol. The topological polar surface area (TPSA) is 202 Å². The average molecular weight is 799 g/mol. The fraction of sp³-hybridized carbons (Fsp3) is 0.306. The smallest absolute Gasteiger partial charge is 0.494 e. The molecule has 0 bridgehead atoms. The lowest BCUT2D eigenvalue weighted by Crippen LogP contribution is -2.41. The number of aromatic hydroxyl groups is 3. The fourth-order valence-corrected chi connectivity index (χ4v) is 5.34. The molecular weight excluding hydrogens is 759 g/mol. The Morgan fingerprint density at radius 2 is 1.13 bits per heavy atom. The number of benzene rings is 3. The fourth-order valence-electron chi connectivity index (χ4n) is 4.89. The number of hydrogen-bond acceptors (Lipinski definition) is 13. The lowest BCUT2D eigenvalue weighted by atomic mass is 9.78. The highest BCUT2D eigenvalue weighted by molar-refractivity contribution is 9.10. The van der Waals surface area contributed by atoms with Crippen molar-refractivity contribution in [1.29, 1.82) is 0 Å². The minimum atomic E-state index is -0.604. The summed E-state index contributed by atoms with van der Waals surface area (Å²) < 4.78 is 29.6. The number of rotatable bonds is 8. The molecule has 3 aromatic carbocycles. The molecule has 0 atom stereocenters. The average Bonchev–Trinajstić information content (AvgIpc) is 3.36. The third-order valence-electron chi connectivity index (χ3n) is 8.62. The van der Waals surface area contributed by atoms with E-state index in [0.29, 0.717) is 34.4 Å². The Morgan fingerprint density at radius 3 is 1.60 bits per heavy atom. The third kappa shape index (κ3) is 8.99. The van der Waals surface area contributed by atoms with Crippen molar-refractivity contribution in [3.8, 4) is 45.6 Å². The number of carbonyl (C=O) groups excluding carboxylic acids is 3. The van der Waals surface area contributed by atoms with Gasteiger partial charge >= 0.3 is 12.8 Å². The number of phenols is 3. The quantitative estimate of drug-likeness (QED) is 0.172. The van der Waals surface area contributed by atoms with Crippen LogP contribution in [-0.4, -0.2) is 83.0 Å². The summed E-state index contributed by atoms with van der Waals surface area (Å²) in [5, 5.41) is 28.9. The second kappa shape index (κ2) is 17.0. The Bertz CT molecular complexity index is 2130. The summed E-state index contributed by atoms with van der Waals surface area (Å²) in [5.74, 6) is -0.0207. The van der Waals surface area contributed by atoms with Gasteiger partial charge < -0.3 is 43.4 Å². The monoisotopic (exact) mass is 798 g/mol. The van der Waals surface area contributed by atoms with Gasteiger partial charge in [0.1, 0.15) is 0 Å². The molecule has 2 heterocycles. The molecule has 1 aliphatic heterocycles. The first-order chi connectivity index (χ1) is 24.8. The predicted octanol–water partition coefficient (Wildman–Crippen LogP) is 3.77. The molecule has 3 N–H and O–H groups in total. The largest absolute Gasteiger partial charge is 0.504 e. The molecule has 0 aliphatic carbocycles. The highest BCUT2D eigenvalue weighted by Crippen LogP contribution is 2.38. The molecule has 4 aromatic rings. The molecule has 1 saturated heterocycles. The number of carbonyl (C=O) groups is 3. The normalized spacial score (nSPS) is 13.8. The van der Waals surface area contributed by atoms with Crippen molar-refractivity contribution in [3.05, 3.63) is 84.6 Å². The van der Waals surface area contributed by atoms with Crippen LogP contribution < -0.4 is 30.9 Å². The zero-order valence-corrected chi connectivity index (χ0v) is 32.1. The summed E-state index contributed by atoms with van der Waals surface area (Å²) in [6, 6.07) is 9.07. The SMILES string of the molecule is COc1cc(-c2cn(C)c(=O)n(C)c2=O)cc(C=O)c1O.COc1cc(B2OC(C)(C)C(C)(C)O2)cc(C=O)c1O.COc1cc(Br)cc(C=O)c1O. The van der Waals surface area contributed by atoms with Crippen molar-refractivity contribution in [2.45, 2.75) is 38.9 Å². The summed E-state index contributed by atoms with van der Waals surface area (Å²) >= 11 is 3.18. The van der Waals surface area contributed by atoms with Crippen molar-refractivity contribution in [2.75, 3.05) is 21.3 Å². The number of phenolic OH excluding ortho intramolecular Hbond substituents is 3. The molecule has 0 unspecified atom stereocenters. The molecule has 0 radical (unpaired) electrons. The summed E-state index contributed by atoms with van der Waals surface area (Å²) in [5.41, 5.74) is -0.290. The van der Waals surface area contributed by atoms with Gasteiger partial charge in [0.15, 0.2) is 53.4 Å². The van der Waals surface area contributed by atoms with Crippen molar-refractivity contribution in [2.24, 2.45) is 14.1 Å². The number of methoxy groups -OCH3 is 3. The van der Waals surface area contributed by atoms with Crippen LogP contribution in [-0.2, 0) is 23.4 Å². The number of halogens is 1. The Kier molecular flexibility index (Phi) is 13.5. The first-order valence-electron chi connectivity index (χ1n) is 15.7. The number of nitrogens with zero attached hydrogens (tertiary/aromatic N) is 2. The molecule has 0 saturated carbocycles. The number of aldehydes is 3. The minimum Gasteiger partial charge on any atom is -0.504 e. The second-order valence-corrected chi connectivity index (χ2v) is 13.5. The van der Waals surface area contributed by atoms with E-state index in [9.17, 15) is 39.3 Å². The maximum atomic E-state index is 12.2. The standard InChI is InChI=1S/C14H19BO5.C14H14N2O5.C8H7BrO3/c1-13(2)14(3,4)20-15(19-13)10-6-9(8-16)12(17)11(7-10)18-5;1-15-6-10(13(19)16(2)14(15)20)8-4-9(7-17)12(18)11(5-8)21-3;1-12-7-3-6(9)2-5(4-10)8(7)11/h6-8,17H,1-5H3;4-7,18H,1-3H3;2-4,11H,1H3. The highest BCUT2D eigenvalue weighted by Gasteiger charge is 2.52. The van der Waals surface area contributed by atoms with Gasteiger partial charge in [-0.25, -0.2) is 4.79 Å². The summed E-state index contributed by atoms with van der Waals surface area (Å²) in [6.45, 7) is 7.80. The summed E-state index contributed by atoms with van der Waals surface area (Å²) in [6.07, 6.45) is 2.99. The zero-order chi connectivity index (χ0) is 40.0. The molecule has 1 fully saturated rings. The van der Waals surface area contributed by atoms with Crippen LogP contribution in [0.15, 0.2) is 56.7 Å². The molecule has 15 nitrogen and oxygen atoms in total. The Balaban J connectivity index is 0.000000222. The van der Waals surface area contributed by atoms with Crippen LogP contribution >= 0.6 is 15.9 Å². The van der Waals surface area contributed by atoms with Crippen LogP contribution in [0.1, 0.15) is 58.8 Å². The molecule has 1 aromatic heterocycles. The molecule has 1 aliphatic rings. The molecule has 53 heavy (non-hydrogen) atoms. The lowest BCUT2D eigenvalue weighted by molar-refractivity contribution is 0.00578. The lowest BCUT2D eigenvalue weighted by Gasteiger charge is -2.32. The van der Waals surface area contributed by atoms with Gasteiger partial charge in [0, 0.05) is 24.8 Å². The highest BCUT2D eigenvalue weighted by atomic mass is 79.9. The van der Waals surface area contributed by atoms with E-state index >= 15 is 0 Å². The van der Waals surface area contributed by atoms with Gasteiger partial charge in [-0.3, -0.25) is 23.7 Å². The molecule has 5 rings (SSSR count). The molecule has 0 spiro atoms. The van der Waals surface area contributed by atoms with E-state index in [0.717, 1.165) is 4.57 Å². The maximum Gasteiger partial charge on any atom is 0.494 e. The van der Waals surface area contributed by atoms with Gasteiger partial charge in [0.2, 0.25) is 0 Å². The van der Waals surface area contributed by atoms with Crippen molar-refractivity contribution >= 4 is 47.4 Å². The first-order valence-corrected chi connectivity index (χ1v) is 16.5. The van der Waals surface area contributed by atoms with Crippen LogP contribution in [0.5, 0.6) is 34.5 Å². The summed E-state index contributed by atoms with van der Waals surface area (Å²) in [4.78, 5) is 56.3. The molecular formula is C36H40BBrN2O13. The Hall–Kier alpha value is -5.39. The zero-order valence-electron chi connectivity index (χ0n) is 30.5. The first kappa shape index (κ1) is 42.0. The van der Waals surface area contributed by atoms with Crippen LogP contribution in [0.3, 0.4) is 0 Å². The van der Waals surface area contributed by atoms with Crippen molar-refractivity contribution in [1.82, 2.24) is 9.13 Å². The van der Waals surface area contributed by atoms with E-state index in [2.05, 4.69) is 15.9 Å². The number of aryl methyl sites for hydroxylation is 1. The van der Waals surface area contributed by atoms with Gasteiger partial charge in [-0.05, 0) is 75.1 Å². The van der Waals surface area contributed by atoms with Gasteiger partial charge in [-0.1, -0.05) is 15.9 Å². The van der Waals surface area contributed by atoms with E-state index < -0.39 is 29.6 Å². The maximum absolute atomic E-state index is 12.2. The van der Waals surface area contributed by atoms with Gasteiger partial charge in [-0.2, -0.15) is 0 Å². The summed E-state index contributed by atoms with van der Waals surface area (Å²) in [7, 11) is 6.48. The van der Waals surface area contributed by atoms with Crippen LogP contribution in [0.25, 0.3) is 11.1 Å². The second-order valence-electron chi connectivity index (χ2n) is 12.6. The van der Waals surface area contributed by atoms with Crippen LogP contribution in [0, 0.1) is 0 Å². The van der Waals surface area contributed by atoms with E-state index in [4.69, 9.17) is 23.5 Å². The van der Waals surface area contributed by atoms with E-state index in [1.807, 2.05) is 27.7 Å². The van der Waals surface area contributed by atoms with E-state index in [1.165, 1.54) is 64.4 Å². The van der Waals surface area contributed by atoms with Gasteiger partial charge in [-0.15, -0.1) is 0 Å². The number of hydrogen-bond donors (Lipinski definition) is 3. The van der Waals surface area contributed by atoms with Gasteiger partial charge in [0.05, 0.1) is 54.8 Å². The van der Waals surface area contributed by atoms with Crippen LogP contribution in [0.4, 0.5) is 0 Å². The minimum absolute atomic E-state index is 0.000237. The Morgan fingerprint density at radius 1 is 0.698 bits per heavy atom. The van der Waals surface area contributed by atoms with Crippen LogP contribution in [0.2, 0.25) is 0 Å². The van der Waals surface area contributed by atoms with E-state index in [1.54, 1.807) is 18.2 Å². The number of aromatic nitrogens is 2. The molecule has 17 heteroatoms. The van der Waals surface area contributed by atoms with E-state index in [-0.39, 0.29) is 56.8 Å². The molecule has 0 amide bonds. The van der Waals surface area contributed by atoms with Crippen molar-refractivity contribution < 1.29 is 53.2 Å². The van der Waals surface area contributed by atoms with Gasteiger partial charge in [0.25, 0.3) is 5.56 Å². The van der Waals surface area contributed by atoms with Crippen molar-refractivity contribution in [3.63, 3.8) is 0 Å². The third-order valence-corrected chi connectivity index (χ3v) is 9.08. The molecule has 282 valence electrons. The Labute approximate surface area is 313 Å². The number of ether oxygens (including phenoxy) is 3.